The minimum atomic E-state index is -0.858. The number of nitriles is 1. The van der Waals surface area contributed by atoms with Crippen molar-refractivity contribution in [3.05, 3.63) is 28.8 Å². The van der Waals surface area contributed by atoms with E-state index in [-0.39, 0.29) is 24.9 Å². The molecule has 0 amide bonds. The van der Waals surface area contributed by atoms with Crippen molar-refractivity contribution in [2.24, 2.45) is 0 Å². The Morgan fingerprint density at radius 1 is 1.35 bits per heavy atom. The van der Waals surface area contributed by atoms with Crippen molar-refractivity contribution >= 4 is 35.7 Å². The zero-order chi connectivity index (χ0) is 16.5. The molecule has 5 nitrogen and oxygen atoms in total. The van der Waals surface area contributed by atoms with Gasteiger partial charge >= 0.3 is 5.97 Å². The minimum Gasteiger partial charge on any atom is -0.481 e. The highest BCUT2D eigenvalue weighted by Crippen LogP contribution is 2.21. The standard InChI is InChI=1S/C16H22ClN3O2.ClH/c1-3-12(4-2)19-10-14(8-16(21)22)20-13-6-5-11(9-18)15(17)7-13;/h5-7,12,14,19-20H,3-4,8,10H2,1-2H3,(H,21,22);1H/t14-;/m0./s1. The molecule has 0 aliphatic heterocycles. The summed E-state index contributed by atoms with van der Waals surface area (Å²) < 4.78 is 0. The number of hydrogen-bond acceptors (Lipinski definition) is 4. The molecule has 1 aromatic carbocycles. The Morgan fingerprint density at radius 3 is 2.48 bits per heavy atom. The van der Waals surface area contributed by atoms with Gasteiger partial charge in [-0.15, -0.1) is 12.4 Å². The van der Waals surface area contributed by atoms with Gasteiger partial charge in [-0.2, -0.15) is 5.26 Å². The first kappa shape index (κ1) is 21.5. The van der Waals surface area contributed by atoms with Gasteiger partial charge in [0.15, 0.2) is 0 Å². The first-order valence-corrected chi connectivity index (χ1v) is 7.79. The molecular formula is C16H23Cl2N3O2. The molecule has 0 unspecified atom stereocenters. The molecule has 0 spiro atoms. The number of carbonyl (C=O) groups is 1. The molecule has 0 heterocycles. The maximum Gasteiger partial charge on any atom is 0.305 e. The first-order chi connectivity index (χ1) is 10.5. The molecule has 23 heavy (non-hydrogen) atoms. The summed E-state index contributed by atoms with van der Waals surface area (Å²) >= 11 is 6.00. The van der Waals surface area contributed by atoms with Gasteiger partial charge in [0.2, 0.25) is 0 Å². The van der Waals surface area contributed by atoms with Crippen LogP contribution in [0.3, 0.4) is 0 Å². The van der Waals surface area contributed by atoms with Crippen LogP contribution in [0.4, 0.5) is 5.69 Å². The van der Waals surface area contributed by atoms with Crippen molar-refractivity contribution in [1.82, 2.24) is 5.32 Å². The van der Waals surface area contributed by atoms with Gasteiger partial charge in [-0.05, 0) is 31.0 Å². The molecule has 0 aliphatic rings. The normalized spacial score (nSPS) is 11.4. The molecule has 0 saturated heterocycles. The van der Waals surface area contributed by atoms with Crippen LogP contribution in [-0.2, 0) is 4.79 Å². The minimum absolute atomic E-state index is 0. The highest BCUT2D eigenvalue weighted by atomic mass is 35.5. The van der Waals surface area contributed by atoms with E-state index in [1.807, 2.05) is 6.07 Å². The Hall–Kier alpha value is -1.48. The molecular weight excluding hydrogens is 337 g/mol. The third-order valence-corrected chi connectivity index (χ3v) is 3.83. The molecule has 1 aromatic rings. The van der Waals surface area contributed by atoms with Crippen molar-refractivity contribution in [1.29, 1.82) is 5.26 Å². The van der Waals surface area contributed by atoms with Gasteiger partial charge in [0.1, 0.15) is 6.07 Å². The van der Waals surface area contributed by atoms with Gasteiger partial charge in [-0.1, -0.05) is 25.4 Å². The predicted octanol–water partition coefficient (Wildman–Crippen LogP) is 3.67. The van der Waals surface area contributed by atoms with Gasteiger partial charge in [-0.3, -0.25) is 4.79 Å². The molecule has 0 radical (unpaired) electrons. The number of benzene rings is 1. The molecule has 7 heteroatoms. The monoisotopic (exact) mass is 359 g/mol. The third kappa shape index (κ3) is 7.56. The van der Waals surface area contributed by atoms with E-state index in [9.17, 15) is 4.79 Å². The molecule has 0 aliphatic carbocycles. The fourth-order valence-corrected chi connectivity index (χ4v) is 2.43. The lowest BCUT2D eigenvalue weighted by atomic mass is 10.1. The summed E-state index contributed by atoms with van der Waals surface area (Å²) in [6, 6.07) is 7.13. The van der Waals surface area contributed by atoms with E-state index in [4.69, 9.17) is 22.0 Å². The van der Waals surface area contributed by atoms with E-state index in [0.717, 1.165) is 12.8 Å². The van der Waals surface area contributed by atoms with Gasteiger partial charge < -0.3 is 15.7 Å². The van der Waals surface area contributed by atoms with E-state index in [2.05, 4.69) is 24.5 Å². The number of carboxylic acids is 1. The molecule has 0 fully saturated rings. The van der Waals surface area contributed by atoms with E-state index in [1.54, 1.807) is 18.2 Å². The Bertz CT molecular complexity index is 543. The molecule has 128 valence electrons. The molecule has 0 saturated carbocycles. The van der Waals surface area contributed by atoms with Crippen LogP contribution in [0.15, 0.2) is 18.2 Å². The predicted molar refractivity (Wildman–Crippen MR) is 95.5 cm³/mol. The van der Waals surface area contributed by atoms with Crippen LogP contribution in [0, 0.1) is 11.3 Å². The third-order valence-electron chi connectivity index (χ3n) is 3.52. The van der Waals surface area contributed by atoms with Crippen LogP contribution in [0.2, 0.25) is 5.02 Å². The van der Waals surface area contributed by atoms with Gasteiger partial charge in [0, 0.05) is 24.3 Å². The van der Waals surface area contributed by atoms with Gasteiger partial charge in [-0.25, -0.2) is 0 Å². The number of rotatable bonds is 9. The summed E-state index contributed by atoms with van der Waals surface area (Å²) in [7, 11) is 0. The summed E-state index contributed by atoms with van der Waals surface area (Å²) in [6.45, 7) is 4.75. The van der Waals surface area contributed by atoms with E-state index < -0.39 is 5.97 Å². The second-order valence-electron chi connectivity index (χ2n) is 5.17. The number of carboxylic acid groups (broad SMARTS) is 1. The molecule has 0 aromatic heterocycles. The number of anilines is 1. The quantitative estimate of drug-likeness (QED) is 0.626. The van der Waals surface area contributed by atoms with Crippen molar-refractivity contribution < 1.29 is 9.90 Å². The second-order valence-corrected chi connectivity index (χ2v) is 5.57. The molecule has 1 atom stereocenters. The second kappa shape index (κ2) is 11.1. The van der Waals surface area contributed by atoms with Crippen LogP contribution in [0.1, 0.15) is 38.7 Å². The average molecular weight is 360 g/mol. The first-order valence-electron chi connectivity index (χ1n) is 7.41. The number of halogens is 2. The van der Waals surface area contributed by atoms with Crippen LogP contribution in [-0.4, -0.2) is 29.7 Å². The number of nitrogens with zero attached hydrogens (tertiary/aromatic N) is 1. The van der Waals surface area contributed by atoms with E-state index in [0.29, 0.717) is 28.9 Å². The largest absolute Gasteiger partial charge is 0.481 e. The summed E-state index contributed by atoms with van der Waals surface area (Å²) in [5.41, 5.74) is 1.11. The van der Waals surface area contributed by atoms with Crippen LogP contribution < -0.4 is 10.6 Å². The van der Waals surface area contributed by atoms with E-state index in [1.165, 1.54) is 0 Å². The summed E-state index contributed by atoms with van der Waals surface area (Å²) in [6.07, 6.45) is 2.00. The van der Waals surface area contributed by atoms with Gasteiger partial charge in [0.25, 0.3) is 0 Å². The maximum absolute atomic E-state index is 11.0. The number of hydrogen-bond donors (Lipinski definition) is 3. The highest BCUT2D eigenvalue weighted by Gasteiger charge is 2.15. The number of aliphatic carboxylic acids is 1. The Labute approximate surface area is 148 Å². The lowest BCUT2D eigenvalue weighted by Gasteiger charge is -2.22. The van der Waals surface area contributed by atoms with Crippen LogP contribution in [0.5, 0.6) is 0 Å². The smallest absolute Gasteiger partial charge is 0.305 e. The van der Waals surface area contributed by atoms with Crippen molar-refractivity contribution in [3.8, 4) is 6.07 Å². The van der Waals surface area contributed by atoms with Crippen LogP contribution >= 0.6 is 24.0 Å². The lowest BCUT2D eigenvalue weighted by molar-refractivity contribution is -0.137. The fraction of sp³-hybridized carbons (Fsp3) is 0.500. The van der Waals surface area contributed by atoms with E-state index >= 15 is 0 Å². The summed E-state index contributed by atoms with van der Waals surface area (Å²) in [5, 5.41) is 24.8. The topological polar surface area (TPSA) is 85.2 Å². The summed E-state index contributed by atoms with van der Waals surface area (Å²) in [5.74, 6) is -0.858. The SMILES string of the molecule is CCC(CC)NC[C@H](CC(=O)O)Nc1ccc(C#N)c(Cl)c1.Cl. The molecule has 0 bridgehead atoms. The van der Waals surface area contributed by atoms with Gasteiger partial charge in [0.05, 0.1) is 17.0 Å². The number of nitrogens with one attached hydrogen (secondary N) is 2. The molecule has 3 N–H and O–H groups in total. The fourth-order valence-electron chi connectivity index (χ4n) is 2.20. The van der Waals surface area contributed by atoms with Crippen molar-refractivity contribution in [2.75, 3.05) is 11.9 Å². The zero-order valence-corrected chi connectivity index (χ0v) is 14.9. The van der Waals surface area contributed by atoms with Crippen molar-refractivity contribution in [2.45, 2.75) is 45.2 Å². The summed E-state index contributed by atoms with van der Waals surface area (Å²) in [4.78, 5) is 11.0. The molecule has 1 rings (SSSR count). The van der Waals surface area contributed by atoms with Crippen LogP contribution in [0.25, 0.3) is 0 Å². The lowest BCUT2D eigenvalue weighted by Crippen LogP contribution is -2.39. The average Bonchev–Trinajstić information content (AvgIpc) is 2.47. The Balaban J connectivity index is 0.00000484. The Morgan fingerprint density at radius 2 is 2.00 bits per heavy atom. The van der Waals surface area contributed by atoms with Crippen molar-refractivity contribution in [3.63, 3.8) is 0 Å². The zero-order valence-electron chi connectivity index (χ0n) is 13.3. The Kier molecular flexibility index (Phi) is 10.4. The maximum atomic E-state index is 11.0. The highest BCUT2D eigenvalue weighted by molar-refractivity contribution is 6.32.